The first-order chi connectivity index (χ1) is 9.03. The lowest BCUT2D eigenvalue weighted by Gasteiger charge is -2.29. The molecule has 0 aromatic carbocycles. The molecule has 4 nitrogen and oxygen atoms in total. The summed E-state index contributed by atoms with van der Waals surface area (Å²) < 4.78 is 2.10. The van der Waals surface area contributed by atoms with Crippen LogP contribution in [0.15, 0.2) is 18.3 Å². The largest absolute Gasteiger partial charge is 0.396 e. The van der Waals surface area contributed by atoms with Crippen molar-refractivity contribution in [1.29, 1.82) is 0 Å². The third-order valence-corrected chi connectivity index (χ3v) is 4.00. The maximum Gasteiger partial charge on any atom is 0.267 e. The predicted octanol–water partition coefficient (Wildman–Crippen LogP) is 2.35. The van der Waals surface area contributed by atoms with Crippen LogP contribution in [0.3, 0.4) is 0 Å². The average Bonchev–Trinajstić information content (AvgIpc) is 2.72. The fourth-order valence-corrected chi connectivity index (χ4v) is 2.37. The summed E-state index contributed by atoms with van der Waals surface area (Å²) in [6.07, 6.45) is 6.29. The molecule has 0 aliphatic heterocycles. The van der Waals surface area contributed by atoms with E-state index in [9.17, 15) is 4.79 Å². The van der Waals surface area contributed by atoms with Gasteiger partial charge < -0.3 is 15.0 Å². The Kier molecular flexibility index (Phi) is 4.30. The maximum atomic E-state index is 12.2. The highest BCUT2D eigenvalue weighted by atomic mass is 16.3. The summed E-state index contributed by atoms with van der Waals surface area (Å²) in [5.41, 5.74) is 0.683. The Morgan fingerprint density at radius 2 is 2.26 bits per heavy atom. The van der Waals surface area contributed by atoms with Crippen LogP contribution in [0, 0.1) is 5.41 Å². The molecule has 0 atom stereocenters. The summed E-state index contributed by atoms with van der Waals surface area (Å²) >= 11 is 0. The number of nitrogens with one attached hydrogen (secondary N) is 1. The molecular weight excluding hydrogens is 240 g/mol. The lowest BCUT2D eigenvalue weighted by atomic mass is 9.89. The molecule has 1 fully saturated rings. The molecule has 0 spiro atoms. The van der Waals surface area contributed by atoms with Crippen molar-refractivity contribution in [3.63, 3.8) is 0 Å². The monoisotopic (exact) mass is 264 g/mol. The number of hydrogen-bond donors (Lipinski definition) is 2. The lowest BCUT2D eigenvalue weighted by Crippen LogP contribution is -2.36. The molecule has 1 aliphatic carbocycles. The fraction of sp³-hybridized carbons (Fsp3) is 0.667. The van der Waals surface area contributed by atoms with Gasteiger partial charge in [0, 0.05) is 25.4 Å². The predicted molar refractivity (Wildman–Crippen MR) is 75.1 cm³/mol. The van der Waals surface area contributed by atoms with E-state index in [1.54, 1.807) is 0 Å². The van der Waals surface area contributed by atoms with Gasteiger partial charge >= 0.3 is 0 Å². The van der Waals surface area contributed by atoms with Crippen LogP contribution in [0.2, 0.25) is 0 Å². The van der Waals surface area contributed by atoms with Gasteiger partial charge in [-0.2, -0.15) is 0 Å². The van der Waals surface area contributed by atoms with Crippen molar-refractivity contribution in [3.8, 4) is 0 Å². The van der Waals surface area contributed by atoms with Crippen molar-refractivity contribution in [3.05, 3.63) is 24.0 Å². The zero-order chi connectivity index (χ0) is 13.9. The van der Waals surface area contributed by atoms with E-state index >= 15 is 0 Å². The quantitative estimate of drug-likeness (QED) is 0.828. The summed E-state index contributed by atoms with van der Waals surface area (Å²) in [6.45, 7) is 4.84. The third-order valence-electron chi connectivity index (χ3n) is 4.00. The third kappa shape index (κ3) is 3.38. The molecule has 19 heavy (non-hydrogen) atoms. The van der Waals surface area contributed by atoms with Crippen molar-refractivity contribution in [1.82, 2.24) is 9.88 Å². The van der Waals surface area contributed by atoms with Crippen molar-refractivity contribution in [2.45, 2.75) is 45.6 Å². The molecule has 4 heteroatoms. The van der Waals surface area contributed by atoms with Crippen LogP contribution in [0.1, 0.15) is 56.1 Å². The topological polar surface area (TPSA) is 54.3 Å². The SMILES string of the molecule is CC(C)(CCO)CNC(=O)c1cccn1C1CCC1. The van der Waals surface area contributed by atoms with E-state index in [2.05, 4.69) is 23.7 Å². The minimum atomic E-state index is -0.0711. The Hall–Kier alpha value is -1.29. The molecule has 0 saturated heterocycles. The van der Waals surface area contributed by atoms with Gasteiger partial charge in [0.15, 0.2) is 0 Å². The summed E-state index contributed by atoms with van der Waals surface area (Å²) in [6, 6.07) is 4.32. The van der Waals surface area contributed by atoms with Gasteiger partial charge in [-0.3, -0.25) is 4.79 Å². The van der Waals surface area contributed by atoms with E-state index < -0.39 is 0 Å². The van der Waals surface area contributed by atoms with Crippen LogP contribution in [0.5, 0.6) is 0 Å². The minimum Gasteiger partial charge on any atom is -0.396 e. The number of carbonyl (C=O) groups excluding carboxylic acids is 1. The van der Waals surface area contributed by atoms with E-state index in [0.29, 0.717) is 19.0 Å². The average molecular weight is 264 g/mol. The molecule has 1 heterocycles. The van der Waals surface area contributed by atoms with Gasteiger partial charge in [0.25, 0.3) is 5.91 Å². The molecule has 1 saturated carbocycles. The van der Waals surface area contributed by atoms with Gasteiger partial charge in [-0.05, 0) is 43.2 Å². The van der Waals surface area contributed by atoms with Crippen LogP contribution in [0.4, 0.5) is 0 Å². The normalized spacial score (nSPS) is 16.2. The van der Waals surface area contributed by atoms with Crippen molar-refractivity contribution in [2.24, 2.45) is 5.41 Å². The molecule has 0 radical (unpaired) electrons. The summed E-state index contributed by atoms with van der Waals surface area (Å²) in [5.74, 6) is -0.0112. The molecule has 0 unspecified atom stereocenters. The van der Waals surface area contributed by atoms with E-state index in [4.69, 9.17) is 5.11 Å². The van der Waals surface area contributed by atoms with E-state index in [0.717, 1.165) is 5.69 Å². The van der Waals surface area contributed by atoms with Crippen molar-refractivity contribution in [2.75, 3.05) is 13.2 Å². The van der Waals surface area contributed by atoms with Crippen LogP contribution in [-0.2, 0) is 0 Å². The molecule has 2 N–H and O–H groups in total. The molecule has 1 aromatic rings. The Bertz CT molecular complexity index is 433. The zero-order valence-corrected chi connectivity index (χ0v) is 11.9. The molecular formula is C15H24N2O2. The molecule has 1 aromatic heterocycles. The molecule has 1 aliphatic rings. The number of amides is 1. The molecule has 106 valence electrons. The Labute approximate surface area is 114 Å². The van der Waals surface area contributed by atoms with Crippen LogP contribution in [-0.4, -0.2) is 28.7 Å². The summed E-state index contributed by atoms with van der Waals surface area (Å²) in [7, 11) is 0. The van der Waals surface area contributed by atoms with Gasteiger partial charge in [-0.15, -0.1) is 0 Å². The number of rotatable bonds is 6. The van der Waals surface area contributed by atoms with E-state index in [1.165, 1.54) is 19.3 Å². The number of aliphatic hydroxyl groups is 1. The Balaban J connectivity index is 1.95. The number of carbonyl (C=O) groups is 1. The first-order valence-electron chi connectivity index (χ1n) is 7.09. The van der Waals surface area contributed by atoms with Crippen LogP contribution in [0.25, 0.3) is 0 Å². The summed E-state index contributed by atoms with van der Waals surface area (Å²) in [5, 5.41) is 12.0. The Morgan fingerprint density at radius 1 is 1.53 bits per heavy atom. The number of hydrogen-bond acceptors (Lipinski definition) is 2. The van der Waals surface area contributed by atoms with Gasteiger partial charge in [-0.25, -0.2) is 0 Å². The van der Waals surface area contributed by atoms with Crippen molar-refractivity contribution >= 4 is 5.91 Å². The number of nitrogens with zero attached hydrogens (tertiary/aromatic N) is 1. The van der Waals surface area contributed by atoms with E-state index in [1.807, 2.05) is 18.3 Å². The van der Waals surface area contributed by atoms with Gasteiger partial charge in [-0.1, -0.05) is 13.8 Å². The number of aliphatic hydroxyl groups excluding tert-OH is 1. The standard InChI is InChI=1S/C15H24N2O2/c1-15(2,8-10-18)11-16-14(19)13-7-4-9-17(13)12-5-3-6-12/h4,7,9,12,18H,3,5-6,8,10-11H2,1-2H3,(H,16,19). The number of aromatic nitrogens is 1. The molecule has 1 amide bonds. The van der Waals surface area contributed by atoms with Crippen LogP contribution < -0.4 is 5.32 Å². The minimum absolute atomic E-state index is 0.0112. The van der Waals surface area contributed by atoms with E-state index in [-0.39, 0.29) is 17.9 Å². The highest BCUT2D eigenvalue weighted by Crippen LogP contribution is 2.32. The molecule has 2 rings (SSSR count). The molecule has 0 bridgehead atoms. The van der Waals surface area contributed by atoms with Crippen molar-refractivity contribution < 1.29 is 9.90 Å². The first-order valence-corrected chi connectivity index (χ1v) is 7.09. The zero-order valence-electron chi connectivity index (χ0n) is 11.9. The van der Waals surface area contributed by atoms with Crippen LogP contribution >= 0.6 is 0 Å². The first kappa shape index (κ1) is 14.1. The fourth-order valence-electron chi connectivity index (χ4n) is 2.37. The highest BCUT2D eigenvalue weighted by Gasteiger charge is 2.24. The second-order valence-corrected chi connectivity index (χ2v) is 6.21. The summed E-state index contributed by atoms with van der Waals surface area (Å²) in [4.78, 5) is 12.2. The lowest BCUT2D eigenvalue weighted by molar-refractivity contribution is 0.0913. The van der Waals surface area contributed by atoms with Gasteiger partial charge in [0.1, 0.15) is 5.69 Å². The van der Waals surface area contributed by atoms with Gasteiger partial charge in [0.2, 0.25) is 0 Å². The maximum absolute atomic E-state index is 12.2. The Morgan fingerprint density at radius 3 is 2.84 bits per heavy atom. The highest BCUT2D eigenvalue weighted by molar-refractivity contribution is 5.92. The van der Waals surface area contributed by atoms with Gasteiger partial charge in [0.05, 0.1) is 0 Å². The second-order valence-electron chi connectivity index (χ2n) is 6.21. The smallest absolute Gasteiger partial charge is 0.267 e. The second kappa shape index (κ2) is 5.78.